The highest BCUT2D eigenvalue weighted by atomic mass is 32.2. The number of amides is 1. The molecule has 1 aromatic carbocycles. The molecular formula is C29H26F3N7O5S. The fraction of sp³-hybridized carbons (Fsp3) is 0.276. The summed E-state index contributed by atoms with van der Waals surface area (Å²) in [7, 11) is -4.34. The van der Waals surface area contributed by atoms with Crippen molar-refractivity contribution >= 4 is 33.1 Å². The van der Waals surface area contributed by atoms with E-state index < -0.39 is 39.6 Å². The van der Waals surface area contributed by atoms with Crippen LogP contribution in [0.2, 0.25) is 0 Å². The molecule has 1 saturated heterocycles. The van der Waals surface area contributed by atoms with Crippen molar-refractivity contribution in [2.45, 2.75) is 49.8 Å². The summed E-state index contributed by atoms with van der Waals surface area (Å²) < 4.78 is 76.7. The first kappa shape index (κ1) is 30.1. The van der Waals surface area contributed by atoms with Crippen molar-refractivity contribution in [3.8, 4) is 22.5 Å². The molecule has 1 aliphatic heterocycles. The van der Waals surface area contributed by atoms with Crippen LogP contribution in [0, 0.1) is 6.92 Å². The lowest BCUT2D eigenvalue weighted by molar-refractivity contribution is -0.137. The van der Waals surface area contributed by atoms with E-state index in [4.69, 9.17) is 4.52 Å². The van der Waals surface area contributed by atoms with E-state index >= 15 is 0 Å². The molecule has 234 valence electrons. The van der Waals surface area contributed by atoms with E-state index in [1.165, 1.54) is 47.6 Å². The van der Waals surface area contributed by atoms with Crippen molar-refractivity contribution in [2.75, 3.05) is 11.9 Å². The first-order valence-electron chi connectivity index (χ1n) is 13.8. The molecule has 1 amide bonds. The molecular weight excluding hydrogens is 615 g/mol. The second-order valence-electron chi connectivity index (χ2n) is 10.7. The van der Waals surface area contributed by atoms with E-state index in [1.807, 2.05) is 0 Å². The van der Waals surface area contributed by atoms with Gasteiger partial charge in [-0.15, -0.1) is 0 Å². The van der Waals surface area contributed by atoms with Crippen molar-refractivity contribution in [3.63, 3.8) is 0 Å². The molecule has 1 fully saturated rings. The molecule has 12 nitrogen and oxygen atoms in total. The van der Waals surface area contributed by atoms with Gasteiger partial charge in [-0.05, 0) is 51.0 Å². The number of fused-ring (bicyclic) bond motifs is 1. The minimum absolute atomic E-state index is 0.0832. The van der Waals surface area contributed by atoms with Crippen LogP contribution in [0.25, 0.3) is 33.5 Å². The number of aromatic nitrogens is 5. The number of likely N-dealkylation sites (tertiary alicyclic amines) is 1. The Bertz CT molecular complexity index is 2010. The lowest BCUT2D eigenvalue weighted by Gasteiger charge is -2.36. The molecule has 0 bridgehead atoms. The third kappa shape index (κ3) is 5.56. The number of carboxylic acid groups (broad SMARTS) is 1. The van der Waals surface area contributed by atoms with Crippen molar-refractivity contribution in [3.05, 3.63) is 72.4 Å². The van der Waals surface area contributed by atoms with Gasteiger partial charge in [0, 0.05) is 42.0 Å². The summed E-state index contributed by atoms with van der Waals surface area (Å²) in [6.45, 7) is 3.53. The van der Waals surface area contributed by atoms with E-state index in [2.05, 4.69) is 25.4 Å². The Morgan fingerprint density at radius 2 is 1.84 bits per heavy atom. The maximum atomic E-state index is 14.4. The van der Waals surface area contributed by atoms with Gasteiger partial charge >= 0.3 is 12.3 Å². The number of carbonyl (C=O) groups is 1. The molecule has 16 heteroatoms. The van der Waals surface area contributed by atoms with Crippen LogP contribution in [-0.2, 0) is 16.2 Å². The van der Waals surface area contributed by atoms with E-state index in [9.17, 15) is 31.5 Å². The smallest absolute Gasteiger partial charge is 0.419 e. The molecule has 0 saturated carbocycles. The topological polar surface area (TPSA) is 156 Å². The number of rotatable bonds is 6. The van der Waals surface area contributed by atoms with Gasteiger partial charge in [-0.3, -0.25) is 0 Å². The van der Waals surface area contributed by atoms with Gasteiger partial charge in [0.2, 0.25) is 5.95 Å². The van der Waals surface area contributed by atoms with E-state index in [0.29, 0.717) is 36.0 Å². The average Bonchev–Trinajstić information content (AvgIpc) is 3.61. The number of nitrogens with zero attached hydrogens (tertiary/aromatic N) is 6. The normalized spacial score (nSPS) is 17.5. The first-order chi connectivity index (χ1) is 21.3. The molecule has 0 unspecified atom stereocenters. The lowest BCUT2D eigenvalue weighted by atomic mass is 10.00. The Kier molecular flexibility index (Phi) is 7.46. The molecule has 4 aromatic heterocycles. The number of piperidine rings is 1. The summed E-state index contributed by atoms with van der Waals surface area (Å²) in [5.74, 6) is -0.167. The number of nitrogens with one attached hydrogen (secondary N) is 1. The molecule has 2 atom stereocenters. The van der Waals surface area contributed by atoms with Gasteiger partial charge in [0.1, 0.15) is 11.8 Å². The number of pyridine rings is 1. The number of halogens is 3. The van der Waals surface area contributed by atoms with E-state index in [0.717, 1.165) is 10.2 Å². The molecule has 0 aliphatic carbocycles. The second-order valence-corrected chi connectivity index (χ2v) is 12.5. The van der Waals surface area contributed by atoms with Crippen molar-refractivity contribution in [1.82, 2.24) is 29.0 Å². The maximum absolute atomic E-state index is 14.4. The summed E-state index contributed by atoms with van der Waals surface area (Å²) in [5.41, 5.74) is -0.777. The summed E-state index contributed by atoms with van der Waals surface area (Å²) >= 11 is 0. The molecule has 5 aromatic rings. The molecule has 45 heavy (non-hydrogen) atoms. The molecule has 0 spiro atoms. The van der Waals surface area contributed by atoms with Crippen LogP contribution in [0.4, 0.5) is 23.9 Å². The first-order valence-corrected chi connectivity index (χ1v) is 15.2. The maximum Gasteiger partial charge on any atom is 0.419 e. The Hall–Kier alpha value is -4.99. The Labute approximate surface area is 254 Å². The summed E-state index contributed by atoms with van der Waals surface area (Å²) in [6, 6.07) is 9.75. The monoisotopic (exact) mass is 641 g/mol. The quantitative estimate of drug-likeness (QED) is 0.237. The van der Waals surface area contributed by atoms with Crippen LogP contribution in [0.15, 0.2) is 70.5 Å². The Morgan fingerprint density at radius 3 is 2.51 bits per heavy atom. The predicted octanol–water partition coefficient (Wildman–Crippen LogP) is 5.66. The number of alkyl halides is 3. The van der Waals surface area contributed by atoms with Gasteiger partial charge in [-0.2, -0.15) is 13.2 Å². The van der Waals surface area contributed by atoms with E-state index in [1.54, 1.807) is 19.9 Å². The largest absolute Gasteiger partial charge is 0.465 e. The number of hydrogen-bond donors (Lipinski definition) is 2. The zero-order chi connectivity index (χ0) is 32.1. The number of aryl methyl sites for hydroxylation is 1. The van der Waals surface area contributed by atoms with Crippen LogP contribution in [0.1, 0.15) is 31.0 Å². The van der Waals surface area contributed by atoms with Crippen LogP contribution >= 0.6 is 0 Å². The van der Waals surface area contributed by atoms with Crippen LogP contribution in [-0.4, -0.2) is 67.2 Å². The van der Waals surface area contributed by atoms with Gasteiger partial charge in [-0.25, -0.2) is 32.1 Å². The Morgan fingerprint density at radius 1 is 1.09 bits per heavy atom. The van der Waals surface area contributed by atoms with E-state index in [-0.39, 0.29) is 40.0 Å². The summed E-state index contributed by atoms with van der Waals surface area (Å²) in [4.78, 5) is 25.5. The van der Waals surface area contributed by atoms with Crippen molar-refractivity contribution < 1.29 is 36.0 Å². The van der Waals surface area contributed by atoms with Crippen LogP contribution < -0.4 is 5.32 Å². The highest BCUT2D eigenvalue weighted by molar-refractivity contribution is 7.90. The Balaban J connectivity index is 1.53. The minimum atomic E-state index is -4.89. The van der Waals surface area contributed by atoms with Crippen LogP contribution in [0.5, 0.6) is 0 Å². The van der Waals surface area contributed by atoms with Crippen molar-refractivity contribution in [1.29, 1.82) is 0 Å². The fourth-order valence-electron chi connectivity index (χ4n) is 5.38. The van der Waals surface area contributed by atoms with Gasteiger partial charge in [-0.1, -0.05) is 23.4 Å². The third-order valence-electron chi connectivity index (χ3n) is 7.76. The zero-order valence-electron chi connectivity index (χ0n) is 23.9. The highest BCUT2D eigenvalue weighted by Crippen LogP contribution is 2.40. The summed E-state index contributed by atoms with van der Waals surface area (Å²) in [6.07, 6.45) is -1.90. The number of anilines is 1. The highest BCUT2D eigenvalue weighted by Gasteiger charge is 2.37. The SMILES string of the molecule is Cc1nocc1-c1ccc2c(-c3nc(N[C@@H]4CC[C@@H](C)N(C(=O)O)C4)ncc3C(F)(F)F)cn(S(=O)(=O)c3ccccc3)c2n1. The van der Waals surface area contributed by atoms with Gasteiger partial charge in [0.25, 0.3) is 10.0 Å². The summed E-state index contributed by atoms with van der Waals surface area (Å²) in [5, 5.41) is 16.4. The average molecular weight is 642 g/mol. The third-order valence-corrected chi connectivity index (χ3v) is 9.42. The number of hydrogen-bond acceptors (Lipinski definition) is 9. The molecule has 6 rings (SSSR count). The van der Waals surface area contributed by atoms with Crippen LogP contribution in [0.3, 0.4) is 0 Å². The molecule has 1 aliphatic rings. The van der Waals surface area contributed by atoms with Gasteiger partial charge in [0.15, 0.2) is 5.65 Å². The second kappa shape index (κ2) is 11.2. The molecule has 0 radical (unpaired) electrons. The number of benzene rings is 1. The fourth-order valence-corrected chi connectivity index (χ4v) is 6.72. The van der Waals surface area contributed by atoms with Crippen molar-refractivity contribution in [2.24, 2.45) is 0 Å². The van der Waals surface area contributed by atoms with Gasteiger partial charge in [0.05, 0.1) is 27.5 Å². The minimum Gasteiger partial charge on any atom is -0.465 e. The van der Waals surface area contributed by atoms with Gasteiger partial charge < -0.3 is 19.8 Å². The predicted molar refractivity (Wildman–Crippen MR) is 156 cm³/mol. The molecule has 5 heterocycles. The lowest BCUT2D eigenvalue weighted by Crippen LogP contribution is -2.49. The molecule has 2 N–H and O–H groups in total. The standard InChI is InChI=1S/C29H26F3N7O5S/c1-16-8-9-18(13-38(16)28(40)41)34-27-33-12-23(29(30,31)32)25(36-27)21-14-39(45(42,43)19-6-4-3-5-7-19)26-20(21)10-11-24(35-26)22-15-44-37-17(22)2/h3-7,10-12,14-16,18H,8-9,13H2,1-2H3,(H,40,41)(H,33,34,36)/t16-,18-/m1/s1. The zero-order valence-corrected chi connectivity index (χ0v) is 24.7.